The molecule has 0 radical (unpaired) electrons. The van der Waals surface area contributed by atoms with Crippen LogP contribution in [0.2, 0.25) is 0 Å². The van der Waals surface area contributed by atoms with Crippen molar-refractivity contribution in [2.45, 2.75) is 0 Å². The second-order valence-electron chi connectivity index (χ2n) is 5.01. The molecule has 0 fully saturated rings. The van der Waals surface area contributed by atoms with Gasteiger partial charge in [0.15, 0.2) is 16.3 Å². The molecule has 3 rings (SSSR count). The summed E-state index contributed by atoms with van der Waals surface area (Å²) in [5, 5.41) is 12.0. The molecule has 0 bridgehead atoms. The monoisotopic (exact) mass is 390 g/mol. The Morgan fingerprint density at radius 3 is 2.73 bits per heavy atom. The van der Waals surface area contributed by atoms with Crippen LogP contribution in [0.1, 0.15) is 5.56 Å². The van der Waals surface area contributed by atoms with Crippen LogP contribution in [0.25, 0.3) is 11.3 Å². The number of hydrogen-bond acceptors (Lipinski definition) is 8. The highest BCUT2D eigenvalue weighted by atomic mass is 32.1. The lowest BCUT2D eigenvalue weighted by Gasteiger charge is -2.08. The lowest BCUT2D eigenvalue weighted by Crippen LogP contribution is -2.13. The van der Waals surface area contributed by atoms with E-state index in [1.165, 1.54) is 17.6 Å². The van der Waals surface area contributed by atoms with Crippen molar-refractivity contribution in [1.29, 1.82) is 0 Å². The third kappa shape index (κ3) is 3.65. The maximum atomic E-state index is 11.8. The molecule has 10 heteroatoms. The summed E-state index contributed by atoms with van der Waals surface area (Å²) in [5.74, 6) is 0.874. The molecule has 0 aliphatic heterocycles. The number of hydrogen-bond donors (Lipinski definition) is 3. The quantitative estimate of drug-likeness (QED) is 0.456. The molecule has 0 spiro atoms. The van der Waals surface area contributed by atoms with E-state index in [1.807, 2.05) is 17.5 Å². The van der Waals surface area contributed by atoms with Crippen LogP contribution in [-0.2, 0) is 0 Å². The van der Waals surface area contributed by atoms with E-state index in [9.17, 15) is 9.90 Å². The third-order valence-electron chi connectivity index (χ3n) is 3.43. The SMILES string of the molecule is COc1ccc(-c2csc(N=Cc3c(O)[nH]c(=S)[nH]c3=O)n2)cc1OC. The van der Waals surface area contributed by atoms with E-state index in [-0.39, 0.29) is 16.2 Å². The number of ether oxygens (including phenoxy) is 2. The molecule has 0 atom stereocenters. The van der Waals surface area contributed by atoms with E-state index in [0.29, 0.717) is 22.3 Å². The number of aromatic hydroxyl groups is 1. The minimum Gasteiger partial charge on any atom is -0.494 e. The largest absolute Gasteiger partial charge is 0.494 e. The molecule has 3 N–H and O–H groups in total. The first-order chi connectivity index (χ1) is 12.5. The summed E-state index contributed by atoms with van der Waals surface area (Å²) in [6, 6.07) is 5.47. The first-order valence-electron chi connectivity index (χ1n) is 7.29. The van der Waals surface area contributed by atoms with Gasteiger partial charge in [0.25, 0.3) is 5.56 Å². The molecule has 0 aliphatic rings. The predicted molar refractivity (Wildman–Crippen MR) is 102 cm³/mol. The number of aromatic amines is 2. The Kier molecular flexibility index (Phi) is 5.14. The van der Waals surface area contributed by atoms with Gasteiger partial charge in [0.05, 0.1) is 19.9 Å². The van der Waals surface area contributed by atoms with Crippen LogP contribution in [-0.4, -0.2) is 40.5 Å². The summed E-state index contributed by atoms with van der Waals surface area (Å²) in [6.45, 7) is 0. The fraction of sp³-hybridized carbons (Fsp3) is 0.125. The summed E-state index contributed by atoms with van der Waals surface area (Å²) in [6.07, 6.45) is 1.23. The standard InChI is InChI=1S/C16H14N4O4S2/c1-23-11-4-3-8(5-12(11)24-2)10-7-26-16(18-10)17-6-9-13(21)19-15(25)20-14(9)22/h3-7H,1-2H3,(H3,19,20,21,22,25). The molecule has 0 amide bonds. The summed E-state index contributed by atoms with van der Waals surface area (Å²) < 4.78 is 10.5. The Balaban J connectivity index is 1.89. The van der Waals surface area contributed by atoms with Crippen molar-refractivity contribution in [2.75, 3.05) is 14.2 Å². The van der Waals surface area contributed by atoms with Gasteiger partial charge < -0.3 is 19.6 Å². The van der Waals surface area contributed by atoms with E-state index in [2.05, 4.69) is 19.9 Å². The topological polar surface area (TPSA) is 113 Å². The number of aliphatic imine (C=N–C) groups is 1. The van der Waals surface area contributed by atoms with Crippen LogP contribution < -0.4 is 15.0 Å². The number of rotatable bonds is 5. The summed E-state index contributed by atoms with van der Waals surface area (Å²) >= 11 is 6.07. The van der Waals surface area contributed by atoms with E-state index < -0.39 is 5.56 Å². The van der Waals surface area contributed by atoms with E-state index in [0.717, 1.165) is 5.56 Å². The Morgan fingerprint density at radius 1 is 1.27 bits per heavy atom. The van der Waals surface area contributed by atoms with Crippen molar-refractivity contribution in [3.63, 3.8) is 0 Å². The summed E-state index contributed by atoms with van der Waals surface area (Å²) in [5.41, 5.74) is 0.978. The van der Waals surface area contributed by atoms with Crippen molar-refractivity contribution >= 4 is 34.9 Å². The van der Waals surface area contributed by atoms with E-state index in [4.69, 9.17) is 21.7 Å². The van der Waals surface area contributed by atoms with Crippen molar-refractivity contribution in [3.05, 3.63) is 44.3 Å². The van der Waals surface area contributed by atoms with Crippen LogP contribution in [0.4, 0.5) is 5.13 Å². The van der Waals surface area contributed by atoms with Gasteiger partial charge in [-0.05, 0) is 30.4 Å². The molecule has 0 saturated carbocycles. The number of nitrogens with zero attached hydrogens (tertiary/aromatic N) is 2. The first kappa shape index (κ1) is 17.8. The molecule has 3 aromatic rings. The molecule has 2 aromatic heterocycles. The molecule has 134 valence electrons. The number of benzene rings is 1. The lowest BCUT2D eigenvalue weighted by molar-refractivity contribution is 0.355. The number of thiazole rings is 1. The predicted octanol–water partition coefficient (Wildman–Crippen LogP) is 3.03. The molecular formula is C16H14N4O4S2. The second kappa shape index (κ2) is 7.50. The average Bonchev–Trinajstić information content (AvgIpc) is 3.09. The van der Waals surface area contributed by atoms with Gasteiger partial charge in [-0.3, -0.25) is 9.78 Å². The highest BCUT2D eigenvalue weighted by molar-refractivity contribution is 7.71. The number of H-pyrrole nitrogens is 2. The summed E-state index contributed by atoms with van der Waals surface area (Å²) in [7, 11) is 3.13. The average molecular weight is 390 g/mol. The smallest absolute Gasteiger partial charge is 0.264 e. The van der Waals surface area contributed by atoms with Crippen LogP contribution >= 0.6 is 23.6 Å². The summed E-state index contributed by atoms with van der Waals surface area (Å²) in [4.78, 5) is 25.2. The van der Waals surface area contributed by atoms with Gasteiger partial charge in [0.2, 0.25) is 11.0 Å². The van der Waals surface area contributed by atoms with Gasteiger partial charge in [0.1, 0.15) is 5.56 Å². The second-order valence-corrected chi connectivity index (χ2v) is 6.26. The van der Waals surface area contributed by atoms with Gasteiger partial charge in [0, 0.05) is 17.2 Å². The lowest BCUT2D eigenvalue weighted by atomic mass is 10.1. The highest BCUT2D eigenvalue weighted by Crippen LogP contribution is 2.34. The molecule has 2 heterocycles. The van der Waals surface area contributed by atoms with Crippen LogP contribution in [0.15, 0.2) is 33.4 Å². The van der Waals surface area contributed by atoms with Crippen LogP contribution in [0, 0.1) is 4.77 Å². The number of nitrogens with one attached hydrogen (secondary N) is 2. The molecule has 26 heavy (non-hydrogen) atoms. The van der Waals surface area contributed by atoms with Gasteiger partial charge in [-0.2, -0.15) is 0 Å². The molecular weight excluding hydrogens is 376 g/mol. The Hall–Kier alpha value is -2.98. The fourth-order valence-corrected chi connectivity index (χ4v) is 3.04. The van der Waals surface area contributed by atoms with Gasteiger partial charge >= 0.3 is 0 Å². The fourth-order valence-electron chi connectivity index (χ4n) is 2.18. The first-order valence-corrected chi connectivity index (χ1v) is 8.58. The molecule has 0 aliphatic carbocycles. The zero-order valence-electron chi connectivity index (χ0n) is 13.8. The molecule has 1 aromatic carbocycles. The third-order valence-corrected chi connectivity index (χ3v) is 4.39. The Labute approximate surface area is 156 Å². The normalized spacial score (nSPS) is 11.0. The molecule has 0 saturated heterocycles. The van der Waals surface area contributed by atoms with Crippen molar-refractivity contribution in [3.8, 4) is 28.6 Å². The zero-order valence-corrected chi connectivity index (χ0v) is 15.4. The van der Waals surface area contributed by atoms with Crippen molar-refractivity contribution < 1.29 is 14.6 Å². The van der Waals surface area contributed by atoms with Gasteiger partial charge in [-0.15, -0.1) is 11.3 Å². The number of aromatic nitrogens is 3. The maximum Gasteiger partial charge on any atom is 0.264 e. The Morgan fingerprint density at radius 2 is 2.04 bits per heavy atom. The minimum absolute atomic E-state index is 0.0264. The van der Waals surface area contributed by atoms with Gasteiger partial charge in [-0.25, -0.2) is 9.98 Å². The highest BCUT2D eigenvalue weighted by Gasteiger charge is 2.10. The van der Waals surface area contributed by atoms with Crippen LogP contribution in [0.5, 0.6) is 17.4 Å². The minimum atomic E-state index is -0.535. The van der Waals surface area contributed by atoms with Crippen molar-refractivity contribution in [1.82, 2.24) is 15.0 Å². The maximum absolute atomic E-state index is 11.8. The molecule has 8 nitrogen and oxygen atoms in total. The molecule has 0 unspecified atom stereocenters. The zero-order chi connectivity index (χ0) is 18.7. The number of methoxy groups -OCH3 is 2. The van der Waals surface area contributed by atoms with E-state index >= 15 is 0 Å². The van der Waals surface area contributed by atoms with Gasteiger partial charge in [-0.1, -0.05) is 0 Å². The van der Waals surface area contributed by atoms with E-state index in [1.54, 1.807) is 20.3 Å². The van der Waals surface area contributed by atoms with Crippen LogP contribution in [0.3, 0.4) is 0 Å². The Bertz CT molecular complexity index is 1080. The van der Waals surface area contributed by atoms with Crippen molar-refractivity contribution in [2.24, 2.45) is 4.99 Å².